The second kappa shape index (κ2) is 5.57. The molecule has 1 aromatic rings. The number of aromatic carboxylic acids is 1. The van der Waals surface area contributed by atoms with Gasteiger partial charge in [0.15, 0.2) is 0 Å². The predicted octanol–water partition coefficient (Wildman–Crippen LogP) is 1.43. The average Bonchev–Trinajstić information content (AvgIpc) is 2.63. The first kappa shape index (κ1) is 14.1. The molecule has 0 radical (unpaired) electrons. The minimum Gasteiger partial charge on any atom is -0.476 e. The summed E-state index contributed by atoms with van der Waals surface area (Å²) < 4.78 is 0. The Labute approximate surface area is 105 Å². The minimum atomic E-state index is -0.994. The van der Waals surface area contributed by atoms with Crippen molar-refractivity contribution in [2.24, 2.45) is 0 Å². The maximum Gasteiger partial charge on any atom is 0.365 e. The van der Waals surface area contributed by atoms with Crippen molar-refractivity contribution in [2.45, 2.75) is 32.9 Å². The van der Waals surface area contributed by atoms with Crippen LogP contribution in [0.3, 0.4) is 0 Å². The van der Waals surface area contributed by atoms with Crippen LogP contribution in [0.25, 0.3) is 0 Å². The Hall–Kier alpha value is -0.980. The topological polar surface area (TPSA) is 73.7 Å². The second-order valence-corrected chi connectivity index (χ2v) is 5.42. The van der Waals surface area contributed by atoms with Gasteiger partial charge < -0.3 is 10.2 Å². The third kappa shape index (κ3) is 4.80. The van der Waals surface area contributed by atoms with Crippen molar-refractivity contribution in [1.29, 1.82) is 0 Å². The van der Waals surface area contributed by atoms with Gasteiger partial charge in [0.2, 0.25) is 5.01 Å². The molecule has 1 heterocycles. The van der Waals surface area contributed by atoms with Crippen molar-refractivity contribution < 1.29 is 15.0 Å². The van der Waals surface area contributed by atoms with Crippen LogP contribution in [0.1, 0.15) is 36.3 Å². The summed E-state index contributed by atoms with van der Waals surface area (Å²) >= 11 is 1.13. The van der Waals surface area contributed by atoms with Gasteiger partial charge in [0, 0.05) is 18.5 Å². The zero-order chi connectivity index (χ0) is 13.1. The highest BCUT2D eigenvalue weighted by Crippen LogP contribution is 2.13. The van der Waals surface area contributed by atoms with Crippen LogP contribution in [-0.4, -0.2) is 44.8 Å². The summed E-state index contributed by atoms with van der Waals surface area (Å²) in [6.45, 7) is 7.37. The molecule has 2 N–H and O–H groups in total. The van der Waals surface area contributed by atoms with Crippen molar-refractivity contribution in [3.05, 3.63) is 16.1 Å². The van der Waals surface area contributed by atoms with Crippen LogP contribution in [0.5, 0.6) is 0 Å². The van der Waals surface area contributed by atoms with Gasteiger partial charge in [0.1, 0.15) is 0 Å². The molecule has 5 nitrogen and oxygen atoms in total. The Kier molecular flexibility index (Phi) is 4.62. The fourth-order valence-electron chi connectivity index (χ4n) is 1.53. The normalized spacial score (nSPS) is 12.1. The van der Waals surface area contributed by atoms with Crippen LogP contribution in [0.15, 0.2) is 5.38 Å². The molecule has 1 aromatic heterocycles. The summed E-state index contributed by atoms with van der Waals surface area (Å²) in [5, 5.41) is 20.4. The molecule has 0 saturated carbocycles. The predicted molar refractivity (Wildman–Crippen MR) is 66.3 cm³/mol. The molecular formula is C11H18N2O3S. The van der Waals surface area contributed by atoms with E-state index in [1.165, 1.54) is 0 Å². The van der Waals surface area contributed by atoms with E-state index in [4.69, 9.17) is 5.11 Å². The van der Waals surface area contributed by atoms with E-state index < -0.39 is 11.6 Å². The number of aromatic nitrogens is 1. The summed E-state index contributed by atoms with van der Waals surface area (Å²) in [6.07, 6.45) is 0. The summed E-state index contributed by atoms with van der Waals surface area (Å²) in [5.41, 5.74) is -0.0275. The molecule has 0 aliphatic carbocycles. The number of nitrogens with zero attached hydrogens (tertiary/aromatic N) is 2. The number of carboxylic acid groups (broad SMARTS) is 1. The first-order chi connectivity index (χ1) is 7.81. The molecule has 0 aliphatic heterocycles. The lowest BCUT2D eigenvalue weighted by Crippen LogP contribution is -2.38. The molecule has 0 spiro atoms. The monoisotopic (exact) mass is 258 g/mol. The Balaban J connectivity index is 2.64. The van der Waals surface area contributed by atoms with E-state index in [9.17, 15) is 9.90 Å². The molecule has 1 rings (SSSR count). The number of hydrogen-bond donors (Lipinski definition) is 2. The lowest BCUT2D eigenvalue weighted by atomic mass is 10.1. The average molecular weight is 258 g/mol. The van der Waals surface area contributed by atoms with E-state index in [1.54, 1.807) is 19.2 Å². The molecule has 0 bridgehead atoms. The first-order valence-electron chi connectivity index (χ1n) is 5.44. The largest absolute Gasteiger partial charge is 0.476 e. The van der Waals surface area contributed by atoms with Gasteiger partial charge in [-0.05, 0) is 20.4 Å². The van der Waals surface area contributed by atoms with Crippen molar-refractivity contribution >= 4 is 17.3 Å². The third-order valence-electron chi connectivity index (χ3n) is 2.18. The van der Waals surface area contributed by atoms with Crippen molar-refractivity contribution in [1.82, 2.24) is 9.88 Å². The Morgan fingerprint density at radius 1 is 1.59 bits per heavy atom. The van der Waals surface area contributed by atoms with Gasteiger partial charge in [-0.1, -0.05) is 6.92 Å². The van der Waals surface area contributed by atoms with Crippen LogP contribution < -0.4 is 0 Å². The number of carbonyl (C=O) groups is 1. The molecule has 0 unspecified atom stereocenters. The van der Waals surface area contributed by atoms with E-state index in [-0.39, 0.29) is 5.01 Å². The van der Waals surface area contributed by atoms with Gasteiger partial charge in [-0.3, -0.25) is 4.90 Å². The molecule has 0 atom stereocenters. The molecule has 17 heavy (non-hydrogen) atoms. The zero-order valence-corrected chi connectivity index (χ0v) is 11.1. The molecule has 0 aliphatic rings. The Bertz CT molecular complexity index is 384. The molecule has 0 aromatic carbocycles. The summed E-state index contributed by atoms with van der Waals surface area (Å²) in [7, 11) is 0. The number of thiazole rings is 1. The summed E-state index contributed by atoms with van der Waals surface area (Å²) in [4.78, 5) is 16.7. The van der Waals surface area contributed by atoms with Crippen molar-refractivity contribution in [2.75, 3.05) is 13.1 Å². The molecule has 0 saturated heterocycles. The van der Waals surface area contributed by atoms with Gasteiger partial charge in [0.25, 0.3) is 0 Å². The first-order valence-corrected chi connectivity index (χ1v) is 6.32. The van der Waals surface area contributed by atoms with Crippen LogP contribution in [0.2, 0.25) is 0 Å². The van der Waals surface area contributed by atoms with Gasteiger partial charge in [-0.25, -0.2) is 9.78 Å². The van der Waals surface area contributed by atoms with Crippen LogP contribution in [-0.2, 0) is 6.54 Å². The molecule has 0 fully saturated rings. The molecule has 6 heteroatoms. The number of hydrogen-bond acceptors (Lipinski definition) is 5. The SMILES string of the molecule is CCN(Cc1csc(C(=O)O)n1)CC(C)(C)O. The van der Waals surface area contributed by atoms with Gasteiger partial charge in [-0.2, -0.15) is 0 Å². The van der Waals surface area contributed by atoms with Gasteiger partial charge >= 0.3 is 5.97 Å². The van der Waals surface area contributed by atoms with E-state index in [1.807, 2.05) is 11.8 Å². The van der Waals surface area contributed by atoms with Crippen molar-refractivity contribution in [3.8, 4) is 0 Å². The van der Waals surface area contributed by atoms with E-state index >= 15 is 0 Å². The Morgan fingerprint density at radius 3 is 2.65 bits per heavy atom. The van der Waals surface area contributed by atoms with Gasteiger partial charge in [0.05, 0.1) is 11.3 Å². The van der Waals surface area contributed by atoms with Gasteiger partial charge in [-0.15, -0.1) is 11.3 Å². The van der Waals surface area contributed by atoms with Crippen LogP contribution in [0, 0.1) is 0 Å². The van der Waals surface area contributed by atoms with E-state index in [0.29, 0.717) is 13.1 Å². The highest BCUT2D eigenvalue weighted by Gasteiger charge is 2.18. The molecular weight excluding hydrogens is 240 g/mol. The second-order valence-electron chi connectivity index (χ2n) is 4.56. The number of aliphatic hydroxyl groups is 1. The zero-order valence-electron chi connectivity index (χ0n) is 10.3. The molecule has 96 valence electrons. The van der Waals surface area contributed by atoms with E-state index in [2.05, 4.69) is 4.98 Å². The fourth-order valence-corrected chi connectivity index (χ4v) is 2.18. The minimum absolute atomic E-state index is 0.110. The van der Waals surface area contributed by atoms with Crippen LogP contribution >= 0.6 is 11.3 Å². The quantitative estimate of drug-likeness (QED) is 0.807. The maximum atomic E-state index is 10.7. The molecule has 0 amide bonds. The Morgan fingerprint density at radius 2 is 2.24 bits per heavy atom. The maximum absolute atomic E-state index is 10.7. The highest BCUT2D eigenvalue weighted by atomic mass is 32.1. The number of likely N-dealkylation sites (N-methyl/N-ethyl adjacent to an activating group) is 1. The smallest absolute Gasteiger partial charge is 0.365 e. The summed E-state index contributed by atoms with van der Waals surface area (Å²) in [5.74, 6) is -0.994. The van der Waals surface area contributed by atoms with E-state index in [0.717, 1.165) is 23.6 Å². The number of rotatable bonds is 6. The number of carboxylic acids is 1. The fraction of sp³-hybridized carbons (Fsp3) is 0.636. The highest BCUT2D eigenvalue weighted by molar-refractivity contribution is 7.11. The lowest BCUT2D eigenvalue weighted by Gasteiger charge is -2.27. The lowest BCUT2D eigenvalue weighted by molar-refractivity contribution is 0.0349. The van der Waals surface area contributed by atoms with Crippen molar-refractivity contribution in [3.63, 3.8) is 0 Å². The third-order valence-corrected chi connectivity index (χ3v) is 3.06. The van der Waals surface area contributed by atoms with Crippen LogP contribution in [0.4, 0.5) is 0 Å². The summed E-state index contributed by atoms with van der Waals surface area (Å²) in [6, 6.07) is 0. The standard InChI is InChI=1S/C11H18N2O3S/c1-4-13(7-11(2,3)16)5-8-6-17-9(12-8)10(14)15/h6,16H,4-5,7H2,1-3H3,(H,14,15).